The van der Waals surface area contributed by atoms with Gasteiger partial charge in [-0.15, -0.1) is 11.8 Å². The van der Waals surface area contributed by atoms with Crippen LogP contribution in [0.5, 0.6) is 0 Å². The minimum absolute atomic E-state index is 0.133. The number of aliphatic carboxylic acids is 1. The number of rotatable bonds is 6. The Bertz CT molecular complexity index is 552. The van der Waals surface area contributed by atoms with Crippen molar-refractivity contribution in [3.05, 3.63) is 23.2 Å². The van der Waals surface area contributed by atoms with E-state index in [1.54, 1.807) is 37.9 Å². The van der Waals surface area contributed by atoms with Crippen LogP contribution in [0.3, 0.4) is 0 Å². The first kappa shape index (κ1) is 18.6. The van der Waals surface area contributed by atoms with E-state index in [-0.39, 0.29) is 12.6 Å². The van der Waals surface area contributed by atoms with Crippen LogP contribution in [-0.4, -0.2) is 40.8 Å². The fraction of sp³-hybridized carbons (Fsp3) is 0.467. The maximum atomic E-state index is 12.2. The summed E-state index contributed by atoms with van der Waals surface area (Å²) >= 11 is 7.61. The van der Waals surface area contributed by atoms with E-state index in [2.05, 4.69) is 19.2 Å². The number of carboxylic acids is 1. The van der Waals surface area contributed by atoms with Gasteiger partial charge in [0.1, 0.15) is 0 Å². The van der Waals surface area contributed by atoms with Gasteiger partial charge in [-0.05, 0) is 18.2 Å². The first-order chi connectivity index (χ1) is 10.2. The number of carbonyl (C=O) groups excluding carboxylic acids is 1. The van der Waals surface area contributed by atoms with E-state index in [0.717, 1.165) is 4.90 Å². The summed E-state index contributed by atoms with van der Waals surface area (Å²) in [6.07, 6.45) is 0. The summed E-state index contributed by atoms with van der Waals surface area (Å²) in [6.45, 7) is 5.82. The van der Waals surface area contributed by atoms with Crippen LogP contribution in [0.2, 0.25) is 5.02 Å². The van der Waals surface area contributed by atoms with Crippen LogP contribution in [0.4, 0.5) is 10.5 Å². The molecule has 5 nitrogen and oxygen atoms in total. The van der Waals surface area contributed by atoms with Gasteiger partial charge in [0.15, 0.2) is 0 Å². The van der Waals surface area contributed by atoms with Gasteiger partial charge in [-0.25, -0.2) is 4.79 Å². The van der Waals surface area contributed by atoms with E-state index in [1.807, 2.05) is 6.07 Å². The molecule has 1 rings (SSSR count). The molecule has 0 aromatic heterocycles. The normalized spacial score (nSPS) is 12.1. The van der Waals surface area contributed by atoms with Crippen molar-refractivity contribution < 1.29 is 14.7 Å². The molecule has 7 heteroatoms. The molecule has 2 amide bonds. The van der Waals surface area contributed by atoms with Crippen LogP contribution in [0, 0.1) is 5.92 Å². The number of hydrogen-bond acceptors (Lipinski definition) is 3. The van der Waals surface area contributed by atoms with Gasteiger partial charge in [-0.3, -0.25) is 4.79 Å². The smallest absolute Gasteiger partial charge is 0.321 e. The molecule has 22 heavy (non-hydrogen) atoms. The van der Waals surface area contributed by atoms with Crippen LogP contribution in [0.15, 0.2) is 23.1 Å². The summed E-state index contributed by atoms with van der Waals surface area (Å²) in [5.41, 5.74) is 0.631. The number of thioether (sulfide) groups is 1. The zero-order valence-electron chi connectivity index (χ0n) is 13.1. The highest BCUT2D eigenvalue weighted by molar-refractivity contribution is 8.00. The molecule has 1 unspecified atom stereocenters. The highest BCUT2D eigenvalue weighted by atomic mass is 35.5. The van der Waals surface area contributed by atoms with Crippen molar-refractivity contribution in [2.75, 3.05) is 18.9 Å². The van der Waals surface area contributed by atoms with E-state index < -0.39 is 11.9 Å². The number of carboxylic acid groups (broad SMARTS) is 1. The molecule has 1 atom stereocenters. The highest BCUT2D eigenvalue weighted by Gasteiger charge is 2.18. The largest absolute Gasteiger partial charge is 0.481 e. The van der Waals surface area contributed by atoms with Crippen molar-refractivity contribution in [2.45, 2.75) is 30.9 Å². The van der Waals surface area contributed by atoms with Crippen molar-refractivity contribution >= 4 is 41.1 Å². The van der Waals surface area contributed by atoms with Gasteiger partial charge in [0, 0.05) is 28.8 Å². The second-order valence-corrected chi connectivity index (χ2v) is 7.41. The summed E-state index contributed by atoms with van der Waals surface area (Å²) in [5.74, 6) is -1.56. The number of carbonyl (C=O) groups is 2. The topological polar surface area (TPSA) is 69.6 Å². The molecule has 0 aliphatic carbocycles. The molecule has 0 aliphatic heterocycles. The molecule has 122 valence electrons. The van der Waals surface area contributed by atoms with Gasteiger partial charge >= 0.3 is 12.0 Å². The molecule has 0 saturated carbocycles. The number of nitrogens with zero attached hydrogens (tertiary/aromatic N) is 1. The zero-order chi connectivity index (χ0) is 16.9. The molecule has 0 aliphatic rings. The van der Waals surface area contributed by atoms with E-state index in [4.69, 9.17) is 16.7 Å². The molecule has 2 N–H and O–H groups in total. The Morgan fingerprint density at radius 2 is 2.00 bits per heavy atom. The summed E-state index contributed by atoms with van der Waals surface area (Å²) in [7, 11) is 1.56. The molecule has 0 fully saturated rings. The Labute approximate surface area is 140 Å². The third kappa shape index (κ3) is 5.77. The van der Waals surface area contributed by atoms with Gasteiger partial charge in [0.2, 0.25) is 0 Å². The number of nitrogens with one attached hydrogen (secondary N) is 1. The quantitative estimate of drug-likeness (QED) is 0.764. The Morgan fingerprint density at radius 3 is 2.55 bits per heavy atom. The lowest BCUT2D eigenvalue weighted by Gasteiger charge is -2.21. The SMILES string of the molecule is CC(C)Sc1ccc(Cl)cc1NC(=O)N(C)CC(C)C(=O)O. The minimum atomic E-state index is -0.932. The molecule has 0 spiro atoms. The third-order valence-electron chi connectivity index (χ3n) is 2.86. The Hall–Kier alpha value is -1.40. The molecule has 0 heterocycles. The maximum Gasteiger partial charge on any atom is 0.321 e. The number of urea groups is 1. The van der Waals surface area contributed by atoms with Gasteiger partial charge in [-0.1, -0.05) is 32.4 Å². The second-order valence-electron chi connectivity index (χ2n) is 5.36. The van der Waals surface area contributed by atoms with Crippen LogP contribution in [0.25, 0.3) is 0 Å². The maximum absolute atomic E-state index is 12.2. The summed E-state index contributed by atoms with van der Waals surface area (Å²) in [5, 5.41) is 12.6. The van der Waals surface area contributed by atoms with E-state index in [0.29, 0.717) is 16.0 Å². The fourth-order valence-electron chi connectivity index (χ4n) is 1.74. The van der Waals surface area contributed by atoms with E-state index in [9.17, 15) is 9.59 Å². The lowest BCUT2D eigenvalue weighted by atomic mass is 10.2. The van der Waals surface area contributed by atoms with Crippen molar-refractivity contribution in [1.82, 2.24) is 4.90 Å². The molecule has 1 aromatic rings. The van der Waals surface area contributed by atoms with Crippen LogP contribution >= 0.6 is 23.4 Å². The highest BCUT2D eigenvalue weighted by Crippen LogP contribution is 2.32. The lowest BCUT2D eigenvalue weighted by molar-refractivity contribution is -0.141. The molecule has 0 radical (unpaired) electrons. The molecule has 0 saturated heterocycles. The number of hydrogen-bond donors (Lipinski definition) is 2. The fourth-order valence-corrected chi connectivity index (χ4v) is 2.80. The standard InChI is InChI=1S/C15H21ClN2O3S/c1-9(2)22-13-6-5-11(16)7-12(13)17-15(21)18(4)8-10(3)14(19)20/h5-7,9-10H,8H2,1-4H3,(H,17,21)(H,19,20). The number of anilines is 1. The molecular formula is C15H21ClN2O3S. The van der Waals surface area contributed by atoms with Crippen molar-refractivity contribution in [2.24, 2.45) is 5.92 Å². The van der Waals surface area contributed by atoms with Gasteiger partial charge < -0.3 is 15.3 Å². The lowest BCUT2D eigenvalue weighted by Crippen LogP contribution is -2.36. The van der Waals surface area contributed by atoms with E-state index in [1.165, 1.54) is 4.90 Å². The van der Waals surface area contributed by atoms with Gasteiger partial charge in [-0.2, -0.15) is 0 Å². The van der Waals surface area contributed by atoms with Crippen LogP contribution in [0.1, 0.15) is 20.8 Å². The minimum Gasteiger partial charge on any atom is -0.481 e. The van der Waals surface area contributed by atoms with Crippen molar-refractivity contribution in [3.63, 3.8) is 0 Å². The average molecular weight is 345 g/mol. The second kappa shape index (κ2) is 8.29. The van der Waals surface area contributed by atoms with Gasteiger partial charge in [0.05, 0.1) is 11.6 Å². The van der Waals surface area contributed by atoms with Crippen LogP contribution in [-0.2, 0) is 4.79 Å². The van der Waals surface area contributed by atoms with E-state index >= 15 is 0 Å². The molecule has 1 aromatic carbocycles. The molecule has 0 bridgehead atoms. The summed E-state index contributed by atoms with van der Waals surface area (Å²) in [4.78, 5) is 25.3. The van der Waals surface area contributed by atoms with Crippen LogP contribution < -0.4 is 5.32 Å². The number of benzene rings is 1. The zero-order valence-corrected chi connectivity index (χ0v) is 14.7. The van der Waals surface area contributed by atoms with Crippen molar-refractivity contribution in [3.8, 4) is 0 Å². The predicted octanol–water partition coefficient (Wildman–Crippen LogP) is 4.02. The predicted molar refractivity (Wildman–Crippen MR) is 90.9 cm³/mol. The monoisotopic (exact) mass is 344 g/mol. The third-order valence-corrected chi connectivity index (χ3v) is 4.18. The molecular weight excluding hydrogens is 324 g/mol. The Balaban J connectivity index is 2.82. The summed E-state index contributed by atoms with van der Waals surface area (Å²) in [6, 6.07) is 4.97. The van der Waals surface area contributed by atoms with Crippen molar-refractivity contribution in [1.29, 1.82) is 0 Å². The van der Waals surface area contributed by atoms with Gasteiger partial charge in [0.25, 0.3) is 0 Å². The first-order valence-electron chi connectivity index (χ1n) is 6.91. The number of halogens is 1. The Morgan fingerprint density at radius 1 is 1.36 bits per heavy atom. The first-order valence-corrected chi connectivity index (χ1v) is 8.17. The summed E-state index contributed by atoms with van der Waals surface area (Å²) < 4.78 is 0. The Kier molecular flexibility index (Phi) is 7.03. The average Bonchev–Trinajstić information content (AvgIpc) is 2.41. The number of amides is 2.